The van der Waals surface area contributed by atoms with Gasteiger partial charge in [0.15, 0.2) is 0 Å². The van der Waals surface area contributed by atoms with Gasteiger partial charge in [0.05, 0.1) is 12.5 Å². The molecule has 1 saturated carbocycles. The molecular formula is C12H19N3O. The van der Waals surface area contributed by atoms with Crippen LogP contribution in [0.1, 0.15) is 25.7 Å². The van der Waals surface area contributed by atoms with Crippen LogP contribution in [-0.4, -0.2) is 37.5 Å². The van der Waals surface area contributed by atoms with Crippen LogP contribution in [0.5, 0.6) is 0 Å². The maximum atomic E-state index is 12.1. The summed E-state index contributed by atoms with van der Waals surface area (Å²) < 4.78 is 0. The van der Waals surface area contributed by atoms with Crippen molar-refractivity contribution in [3.63, 3.8) is 0 Å². The van der Waals surface area contributed by atoms with E-state index >= 15 is 0 Å². The lowest BCUT2D eigenvalue weighted by molar-refractivity contribution is -0.132. The summed E-state index contributed by atoms with van der Waals surface area (Å²) in [4.78, 5) is 13.8. The van der Waals surface area contributed by atoms with Crippen molar-refractivity contribution in [2.45, 2.75) is 25.7 Å². The van der Waals surface area contributed by atoms with E-state index < -0.39 is 0 Å². The molecule has 0 aromatic carbocycles. The molecule has 1 heterocycles. The molecule has 1 amide bonds. The molecule has 16 heavy (non-hydrogen) atoms. The fourth-order valence-electron chi connectivity index (χ4n) is 2.77. The molecule has 1 unspecified atom stereocenters. The Morgan fingerprint density at radius 3 is 2.88 bits per heavy atom. The second-order valence-electron chi connectivity index (χ2n) is 5.04. The van der Waals surface area contributed by atoms with E-state index in [1.807, 2.05) is 7.05 Å². The molecule has 4 heteroatoms. The monoisotopic (exact) mass is 221 g/mol. The standard InChI is InChI=1S/C12H19N3O/c1-15(8-2-5-13)11(16)10-9-12(10)3-6-14-7-4-12/h10,14H,2-4,6-9H2,1H3. The molecule has 1 aliphatic heterocycles. The van der Waals surface area contributed by atoms with Gasteiger partial charge in [-0.25, -0.2) is 0 Å². The Morgan fingerprint density at radius 1 is 1.56 bits per heavy atom. The Balaban J connectivity index is 1.86. The number of carbonyl (C=O) groups excluding carboxylic acids is 1. The molecule has 0 radical (unpaired) electrons. The number of nitriles is 1. The van der Waals surface area contributed by atoms with Gasteiger partial charge < -0.3 is 10.2 Å². The van der Waals surface area contributed by atoms with Crippen molar-refractivity contribution in [3.8, 4) is 6.07 Å². The van der Waals surface area contributed by atoms with Crippen molar-refractivity contribution < 1.29 is 4.79 Å². The number of hydrogen-bond acceptors (Lipinski definition) is 3. The maximum absolute atomic E-state index is 12.1. The van der Waals surface area contributed by atoms with Gasteiger partial charge in [-0.3, -0.25) is 4.79 Å². The van der Waals surface area contributed by atoms with Gasteiger partial charge >= 0.3 is 0 Å². The van der Waals surface area contributed by atoms with Crippen LogP contribution >= 0.6 is 0 Å². The van der Waals surface area contributed by atoms with Gasteiger partial charge in [0.2, 0.25) is 5.91 Å². The predicted octanol–water partition coefficient (Wildman–Crippen LogP) is 0.748. The lowest BCUT2D eigenvalue weighted by Crippen LogP contribution is -2.35. The third-order valence-electron chi connectivity index (χ3n) is 4.02. The first kappa shape index (κ1) is 11.4. The molecule has 88 valence electrons. The minimum atomic E-state index is 0.235. The van der Waals surface area contributed by atoms with Crippen molar-refractivity contribution >= 4 is 5.91 Å². The number of hydrogen-bond donors (Lipinski definition) is 1. The van der Waals surface area contributed by atoms with Gasteiger partial charge in [0.1, 0.15) is 0 Å². The van der Waals surface area contributed by atoms with Crippen LogP contribution in [0.15, 0.2) is 0 Å². The molecule has 1 aliphatic carbocycles. The van der Waals surface area contributed by atoms with Crippen molar-refractivity contribution in [3.05, 3.63) is 0 Å². The molecule has 0 aromatic rings. The van der Waals surface area contributed by atoms with Crippen LogP contribution in [-0.2, 0) is 4.79 Å². The Bertz CT molecular complexity index is 315. The van der Waals surface area contributed by atoms with Crippen LogP contribution in [0, 0.1) is 22.7 Å². The van der Waals surface area contributed by atoms with Crippen molar-refractivity contribution in [1.29, 1.82) is 5.26 Å². The highest BCUT2D eigenvalue weighted by Crippen LogP contribution is 2.59. The molecule has 2 aliphatic rings. The summed E-state index contributed by atoms with van der Waals surface area (Å²) in [5, 5.41) is 11.8. The molecular weight excluding hydrogens is 202 g/mol. The first-order valence-corrected chi connectivity index (χ1v) is 6.02. The Labute approximate surface area is 96.6 Å². The fraction of sp³-hybridized carbons (Fsp3) is 0.833. The number of nitrogens with one attached hydrogen (secondary N) is 1. The minimum Gasteiger partial charge on any atom is -0.344 e. The SMILES string of the molecule is CN(CCC#N)C(=O)C1CC12CCNCC2. The molecule has 1 N–H and O–H groups in total. The van der Waals surface area contributed by atoms with Crippen LogP contribution in [0.3, 0.4) is 0 Å². The molecule has 2 fully saturated rings. The van der Waals surface area contributed by atoms with E-state index in [2.05, 4.69) is 11.4 Å². The number of piperidine rings is 1. The van der Waals surface area contributed by atoms with E-state index in [1.54, 1.807) is 4.90 Å². The summed E-state index contributed by atoms with van der Waals surface area (Å²) in [6.45, 7) is 2.66. The summed E-state index contributed by atoms with van der Waals surface area (Å²) in [5.41, 5.74) is 0.309. The van der Waals surface area contributed by atoms with Crippen molar-refractivity contribution in [2.24, 2.45) is 11.3 Å². The topological polar surface area (TPSA) is 56.1 Å². The van der Waals surface area contributed by atoms with Crippen LogP contribution in [0.4, 0.5) is 0 Å². The predicted molar refractivity (Wildman–Crippen MR) is 60.5 cm³/mol. The molecule has 4 nitrogen and oxygen atoms in total. The minimum absolute atomic E-state index is 0.235. The third-order valence-corrected chi connectivity index (χ3v) is 4.02. The highest BCUT2D eigenvalue weighted by Gasteiger charge is 2.58. The first-order valence-electron chi connectivity index (χ1n) is 6.02. The summed E-state index contributed by atoms with van der Waals surface area (Å²) >= 11 is 0. The molecule has 1 spiro atoms. The third kappa shape index (κ3) is 2.05. The molecule has 1 atom stereocenters. The zero-order valence-corrected chi connectivity index (χ0v) is 9.83. The average Bonchev–Trinajstić information content (AvgIpc) is 2.99. The Hall–Kier alpha value is -1.08. The van der Waals surface area contributed by atoms with E-state index in [-0.39, 0.29) is 11.8 Å². The average molecular weight is 221 g/mol. The van der Waals surface area contributed by atoms with E-state index in [0.717, 1.165) is 32.4 Å². The van der Waals surface area contributed by atoms with Gasteiger partial charge in [-0.2, -0.15) is 5.26 Å². The number of rotatable bonds is 3. The molecule has 0 aromatic heterocycles. The number of nitrogens with zero attached hydrogens (tertiary/aromatic N) is 2. The molecule has 2 rings (SSSR count). The summed E-state index contributed by atoms with van der Waals surface area (Å²) in [6, 6.07) is 2.08. The second kappa shape index (κ2) is 4.42. The summed E-state index contributed by atoms with van der Waals surface area (Å²) in [6.07, 6.45) is 3.76. The lowest BCUT2D eigenvalue weighted by Gasteiger charge is -2.24. The van der Waals surface area contributed by atoms with E-state index in [4.69, 9.17) is 5.26 Å². The van der Waals surface area contributed by atoms with Crippen LogP contribution in [0.25, 0.3) is 0 Å². The normalized spacial score (nSPS) is 26.1. The Kier molecular flexibility index (Phi) is 3.15. The highest BCUT2D eigenvalue weighted by atomic mass is 16.2. The molecule has 0 bridgehead atoms. The first-order chi connectivity index (χ1) is 7.69. The number of carbonyl (C=O) groups is 1. The van der Waals surface area contributed by atoms with Crippen molar-refractivity contribution in [1.82, 2.24) is 10.2 Å². The lowest BCUT2D eigenvalue weighted by atomic mass is 9.91. The van der Waals surface area contributed by atoms with Gasteiger partial charge in [0, 0.05) is 19.5 Å². The van der Waals surface area contributed by atoms with Crippen LogP contribution < -0.4 is 5.32 Å². The maximum Gasteiger partial charge on any atom is 0.226 e. The summed E-state index contributed by atoms with van der Waals surface area (Å²) in [7, 11) is 1.81. The fourth-order valence-corrected chi connectivity index (χ4v) is 2.77. The van der Waals surface area contributed by atoms with E-state index in [1.165, 1.54) is 0 Å². The van der Waals surface area contributed by atoms with Crippen molar-refractivity contribution in [2.75, 3.05) is 26.7 Å². The zero-order chi connectivity index (χ0) is 11.6. The summed E-state index contributed by atoms with van der Waals surface area (Å²) in [5.74, 6) is 0.482. The smallest absolute Gasteiger partial charge is 0.226 e. The van der Waals surface area contributed by atoms with E-state index in [9.17, 15) is 4.79 Å². The largest absolute Gasteiger partial charge is 0.344 e. The number of amides is 1. The van der Waals surface area contributed by atoms with Crippen LogP contribution in [0.2, 0.25) is 0 Å². The van der Waals surface area contributed by atoms with Gasteiger partial charge in [-0.1, -0.05) is 0 Å². The second-order valence-corrected chi connectivity index (χ2v) is 5.04. The van der Waals surface area contributed by atoms with Gasteiger partial charge in [-0.05, 0) is 37.8 Å². The van der Waals surface area contributed by atoms with Gasteiger partial charge in [0.25, 0.3) is 0 Å². The zero-order valence-electron chi connectivity index (χ0n) is 9.83. The quantitative estimate of drug-likeness (QED) is 0.765. The highest BCUT2D eigenvalue weighted by molar-refractivity contribution is 5.82. The Morgan fingerprint density at radius 2 is 2.25 bits per heavy atom. The van der Waals surface area contributed by atoms with Gasteiger partial charge in [-0.15, -0.1) is 0 Å². The van der Waals surface area contributed by atoms with E-state index in [0.29, 0.717) is 18.4 Å². The molecule has 1 saturated heterocycles.